The van der Waals surface area contributed by atoms with Crippen molar-refractivity contribution in [1.29, 1.82) is 0 Å². The number of anilines is 3. The number of amides is 3. The minimum absolute atomic E-state index is 0.0586. The van der Waals surface area contributed by atoms with Crippen molar-refractivity contribution in [3.05, 3.63) is 90.2 Å². The van der Waals surface area contributed by atoms with E-state index in [0.717, 1.165) is 11.4 Å². The number of hydrogen-bond acceptors (Lipinski definition) is 3. The normalized spacial score (nSPS) is 13.6. The second-order valence-corrected chi connectivity index (χ2v) is 7.60. The first-order valence-corrected chi connectivity index (χ1v) is 10.5. The van der Waals surface area contributed by atoms with Crippen LogP contribution in [-0.2, 0) is 0 Å². The molecule has 4 rings (SSSR count). The number of para-hydroxylation sites is 3. The van der Waals surface area contributed by atoms with Crippen LogP contribution in [0.3, 0.4) is 0 Å². The number of hydrogen-bond donors (Lipinski definition) is 1. The fraction of sp³-hybridized carbons (Fsp3) is 0.200. The molecular formula is C25H25FN4O2. The van der Waals surface area contributed by atoms with Gasteiger partial charge in [-0.3, -0.25) is 4.79 Å². The lowest BCUT2D eigenvalue weighted by Gasteiger charge is -2.35. The van der Waals surface area contributed by atoms with E-state index >= 15 is 0 Å². The van der Waals surface area contributed by atoms with Gasteiger partial charge in [0, 0.05) is 38.9 Å². The van der Waals surface area contributed by atoms with Gasteiger partial charge in [-0.05, 0) is 36.4 Å². The summed E-state index contributed by atoms with van der Waals surface area (Å²) in [6, 6.07) is 23.3. The second kappa shape index (κ2) is 9.51. The minimum atomic E-state index is -0.531. The zero-order valence-corrected chi connectivity index (χ0v) is 17.9. The Hall–Kier alpha value is -3.87. The van der Waals surface area contributed by atoms with Gasteiger partial charge in [0.25, 0.3) is 5.91 Å². The first kappa shape index (κ1) is 21.4. The molecule has 0 atom stereocenters. The maximum absolute atomic E-state index is 13.9. The number of nitrogens with one attached hydrogen (secondary N) is 1. The number of urea groups is 1. The smallest absolute Gasteiger partial charge is 0.322 e. The van der Waals surface area contributed by atoms with E-state index in [1.54, 1.807) is 21.9 Å². The molecule has 32 heavy (non-hydrogen) atoms. The largest absolute Gasteiger partial charge is 0.343 e. The summed E-state index contributed by atoms with van der Waals surface area (Å²) in [4.78, 5) is 30.8. The van der Waals surface area contributed by atoms with E-state index in [1.807, 2.05) is 66.5 Å². The number of benzene rings is 3. The van der Waals surface area contributed by atoms with Crippen molar-refractivity contribution < 1.29 is 14.0 Å². The average Bonchev–Trinajstić information content (AvgIpc) is 2.84. The van der Waals surface area contributed by atoms with E-state index in [0.29, 0.717) is 31.9 Å². The van der Waals surface area contributed by atoms with Crippen molar-refractivity contribution >= 4 is 29.0 Å². The molecule has 1 N–H and O–H groups in total. The number of halogens is 1. The van der Waals surface area contributed by atoms with Gasteiger partial charge < -0.3 is 20.0 Å². The van der Waals surface area contributed by atoms with Crippen LogP contribution in [0.5, 0.6) is 0 Å². The summed E-state index contributed by atoms with van der Waals surface area (Å²) < 4.78 is 13.9. The Bertz CT molecular complexity index is 1100. The molecule has 0 aliphatic carbocycles. The summed E-state index contributed by atoms with van der Waals surface area (Å²) in [6.45, 7) is 1.46. The SMILES string of the molecule is CN(c1ccccc1)c1ccccc1NC(=O)N1CCN(C(=O)c2ccccc2F)CC1. The van der Waals surface area contributed by atoms with Crippen LogP contribution in [0, 0.1) is 5.82 Å². The van der Waals surface area contributed by atoms with Crippen molar-refractivity contribution in [2.75, 3.05) is 43.4 Å². The van der Waals surface area contributed by atoms with Gasteiger partial charge >= 0.3 is 6.03 Å². The third-order valence-corrected chi connectivity index (χ3v) is 5.61. The van der Waals surface area contributed by atoms with E-state index in [-0.39, 0.29) is 17.5 Å². The van der Waals surface area contributed by atoms with E-state index in [4.69, 9.17) is 0 Å². The minimum Gasteiger partial charge on any atom is -0.343 e. The highest BCUT2D eigenvalue weighted by Gasteiger charge is 2.26. The molecule has 6 nitrogen and oxygen atoms in total. The molecule has 0 aromatic heterocycles. The summed E-state index contributed by atoms with van der Waals surface area (Å²) in [7, 11) is 1.95. The van der Waals surface area contributed by atoms with Crippen LogP contribution in [0.25, 0.3) is 0 Å². The van der Waals surface area contributed by atoms with Gasteiger partial charge in [-0.15, -0.1) is 0 Å². The Morgan fingerprint density at radius 1 is 0.812 bits per heavy atom. The van der Waals surface area contributed by atoms with Gasteiger partial charge in [-0.25, -0.2) is 9.18 Å². The van der Waals surface area contributed by atoms with Crippen LogP contribution >= 0.6 is 0 Å². The fourth-order valence-corrected chi connectivity index (χ4v) is 3.77. The molecule has 7 heteroatoms. The van der Waals surface area contributed by atoms with Crippen LogP contribution in [-0.4, -0.2) is 55.0 Å². The lowest BCUT2D eigenvalue weighted by atomic mass is 10.1. The summed E-state index contributed by atoms with van der Waals surface area (Å²) in [5.41, 5.74) is 2.65. The molecule has 164 valence electrons. The number of carbonyl (C=O) groups is 2. The fourth-order valence-electron chi connectivity index (χ4n) is 3.77. The van der Waals surface area contributed by atoms with E-state index in [9.17, 15) is 14.0 Å². The van der Waals surface area contributed by atoms with E-state index < -0.39 is 5.82 Å². The monoisotopic (exact) mass is 432 g/mol. The molecule has 1 saturated heterocycles. The predicted molar refractivity (Wildman–Crippen MR) is 124 cm³/mol. The number of rotatable bonds is 4. The quantitative estimate of drug-likeness (QED) is 0.656. The molecule has 3 amide bonds. The summed E-state index contributed by atoms with van der Waals surface area (Å²) in [6.07, 6.45) is 0. The lowest BCUT2D eigenvalue weighted by Crippen LogP contribution is -2.51. The molecule has 0 radical (unpaired) electrons. The van der Waals surface area contributed by atoms with Gasteiger partial charge in [0.1, 0.15) is 5.82 Å². The lowest BCUT2D eigenvalue weighted by molar-refractivity contribution is 0.0667. The molecule has 1 aliphatic rings. The zero-order valence-electron chi connectivity index (χ0n) is 17.9. The Balaban J connectivity index is 1.40. The highest BCUT2D eigenvalue weighted by atomic mass is 19.1. The third kappa shape index (κ3) is 4.56. The molecule has 0 saturated carbocycles. The Morgan fingerprint density at radius 3 is 2.12 bits per heavy atom. The summed E-state index contributed by atoms with van der Waals surface area (Å²) in [5.74, 6) is -0.880. The molecule has 1 heterocycles. The van der Waals surface area contributed by atoms with E-state index in [1.165, 1.54) is 12.1 Å². The van der Waals surface area contributed by atoms with Gasteiger partial charge in [0.05, 0.1) is 16.9 Å². The van der Waals surface area contributed by atoms with Crippen molar-refractivity contribution in [1.82, 2.24) is 9.80 Å². The number of carbonyl (C=O) groups excluding carboxylic acids is 2. The van der Waals surface area contributed by atoms with Crippen LogP contribution in [0.15, 0.2) is 78.9 Å². The molecule has 1 fully saturated rings. The van der Waals surface area contributed by atoms with Crippen molar-refractivity contribution in [2.45, 2.75) is 0 Å². The highest BCUT2D eigenvalue weighted by Crippen LogP contribution is 2.30. The molecule has 3 aromatic rings. The first-order chi connectivity index (χ1) is 15.5. The van der Waals surface area contributed by atoms with Gasteiger partial charge in [-0.1, -0.05) is 42.5 Å². The van der Waals surface area contributed by atoms with Crippen molar-refractivity contribution in [3.8, 4) is 0 Å². The molecule has 3 aromatic carbocycles. The van der Waals surface area contributed by atoms with Crippen molar-refractivity contribution in [2.24, 2.45) is 0 Å². The van der Waals surface area contributed by atoms with Crippen LogP contribution < -0.4 is 10.2 Å². The standard InChI is InChI=1S/C25H25FN4O2/c1-28(19-9-3-2-4-10-19)23-14-8-7-13-22(23)27-25(32)30-17-15-29(16-18-30)24(31)20-11-5-6-12-21(20)26/h2-14H,15-18H2,1H3,(H,27,32). The second-order valence-electron chi connectivity index (χ2n) is 7.60. The Kier molecular flexibility index (Phi) is 6.35. The molecule has 0 unspecified atom stereocenters. The van der Waals surface area contributed by atoms with Crippen LogP contribution in [0.1, 0.15) is 10.4 Å². The molecule has 1 aliphatic heterocycles. The Labute approximate surface area is 186 Å². The summed E-state index contributed by atoms with van der Waals surface area (Å²) >= 11 is 0. The zero-order chi connectivity index (χ0) is 22.5. The molecule has 0 spiro atoms. The average molecular weight is 432 g/mol. The van der Waals surface area contributed by atoms with Crippen LogP contribution in [0.2, 0.25) is 0 Å². The highest BCUT2D eigenvalue weighted by molar-refractivity contribution is 5.96. The summed E-state index contributed by atoms with van der Waals surface area (Å²) in [5, 5.41) is 3.00. The number of nitrogens with zero attached hydrogens (tertiary/aromatic N) is 3. The first-order valence-electron chi connectivity index (χ1n) is 10.5. The van der Waals surface area contributed by atoms with Gasteiger partial charge in [0.2, 0.25) is 0 Å². The molecule has 0 bridgehead atoms. The van der Waals surface area contributed by atoms with Crippen LogP contribution in [0.4, 0.5) is 26.2 Å². The topological polar surface area (TPSA) is 55.9 Å². The predicted octanol–water partition coefficient (Wildman–Crippen LogP) is 4.58. The molecular weight excluding hydrogens is 407 g/mol. The van der Waals surface area contributed by atoms with E-state index in [2.05, 4.69) is 5.32 Å². The maximum Gasteiger partial charge on any atom is 0.322 e. The number of piperazine rings is 1. The Morgan fingerprint density at radius 2 is 1.41 bits per heavy atom. The van der Waals surface area contributed by atoms with Crippen molar-refractivity contribution in [3.63, 3.8) is 0 Å². The maximum atomic E-state index is 13.9. The van der Waals surface area contributed by atoms with Gasteiger partial charge in [-0.2, -0.15) is 0 Å². The third-order valence-electron chi connectivity index (χ3n) is 5.61. The van der Waals surface area contributed by atoms with Gasteiger partial charge in [0.15, 0.2) is 0 Å².